The Labute approximate surface area is 102 Å². The number of amides is 1. The van der Waals surface area contributed by atoms with E-state index in [-0.39, 0.29) is 6.61 Å². The summed E-state index contributed by atoms with van der Waals surface area (Å²) in [4.78, 5) is 22.1. The molecule has 7 heteroatoms. The summed E-state index contributed by atoms with van der Waals surface area (Å²) in [5.41, 5.74) is -0.742. The van der Waals surface area contributed by atoms with E-state index in [2.05, 4.69) is 4.74 Å². The van der Waals surface area contributed by atoms with Crippen molar-refractivity contribution in [1.82, 2.24) is 4.72 Å². The van der Waals surface area contributed by atoms with E-state index in [1.807, 2.05) is 4.72 Å². The lowest BCUT2D eigenvalue weighted by Crippen LogP contribution is -2.41. The number of rotatable bonds is 6. The molecule has 6 nitrogen and oxygen atoms in total. The molecule has 0 fully saturated rings. The zero-order chi connectivity index (χ0) is 13.7. The van der Waals surface area contributed by atoms with Crippen LogP contribution in [0.1, 0.15) is 34.1 Å². The second kappa shape index (κ2) is 6.00. The molecule has 0 aromatic rings. The maximum absolute atomic E-state index is 11.6. The second-order valence-corrected chi connectivity index (χ2v) is 6.17. The van der Waals surface area contributed by atoms with Crippen molar-refractivity contribution < 1.29 is 22.7 Å². The van der Waals surface area contributed by atoms with Gasteiger partial charge in [0.15, 0.2) is 0 Å². The number of hydrogen-bond acceptors (Lipinski definition) is 5. The van der Waals surface area contributed by atoms with Gasteiger partial charge in [-0.15, -0.1) is 0 Å². The summed E-state index contributed by atoms with van der Waals surface area (Å²) in [5, 5.41) is 0. The van der Waals surface area contributed by atoms with Crippen LogP contribution >= 0.6 is 0 Å². The van der Waals surface area contributed by atoms with Crippen LogP contribution in [-0.2, 0) is 24.3 Å². The molecule has 0 unspecified atom stereocenters. The highest BCUT2D eigenvalue weighted by Gasteiger charge is 2.28. The number of nitrogens with one attached hydrogen (secondary N) is 1. The molecule has 0 saturated heterocycles. The maximum Gasteiger partial charge on any atom is 0.302 e. The van der Waals surface area contributed by atoms with Gasteiger partial charge in [-0.2, -0.15) is 0 Å². The van der Waals surface area contributed by atoms with Crippen molar-refractivity contribution in [3.05, 3.63) is 0 Å². The quantitative estimate of drug-likeness (QED) is 0.703. The molecule has 0 aliphatic heterocycles. The SMILES string of the molecule is CCC(C)(C)C(=O)NS(=O)(=O)CCOC(C)=O. The highest BCUT2D eigenvalue weighted by atomic mass is 32.2. The zero-order valence-corrected chi connectivity index (χ0v) is 11.4. The third kappa shape index (κ3) is 6.25. The second-order valence-electron chi connectivity index (χ2n) is 4.33. The van der Waals surface area contributed by atoms with Gasteiger partial charge in [0.25, 0.3) is 0 Å². The maximum atomic E-state index is 11.6. The molecule has 1 amide bonds. The van der Waals surface area contributed by atoms with Crippen LogP contribution in [0, 0.1) is 5.41 Å². The molecule has 0 heterocycles. The van der Waals surface area contributed by atoms with Crippen molar-refractivity contribution >= 4 is 21.9 Å². The van der Waals surface area contributed by atoms with E-state index in [1.165, 1.54) is 6.92 Å². The van der Waals surface area contributed by atoms with Gasteiger partial charge in [0.05, 0.1) is 0 Å². The molecule has 0 rings (SSSR count). The summed E-state index contributed by atoms with van der Waals surface area (Å²) in [6, 6.07) is 0. The Morgan fingerprint density at radius 3 is 2.24 bits per heavy atom. The Morgan fingerprint density at radius 2 is 1.82 bits per heavy atom. The molecule has 0 atom stereocenters. The van der Waals surface area contributed by atoms with Crippen molar-refractivity contribution in [3.8, 4) is 0 Å². The minimum Gasteiger partial charge on any atom is -0.465 e. The number of hydrogen-bond donors (Lipinski definition) is 1. The average Bonchev–Trinajstić information content (AvgIpc) is 2.15. The van der Waals surface area contributed by atoms with Gasteiger partial charge >= 0.3 is 5.97 Å². The highest BCUT2D eigenvalue weighted by molar-refractivity contribution is 7.90. The molecule has 0 saturated carbocycles. The van der Waals surface area contributed by atoms with Crippen molar-refractivity contribution in [2.45, 2.75) is 34.1 Å². The predicted molar refractivity (Wildman–Crippen MR) is 62.6 cm³/mol. The van der Waals surface area contributed by atoms with E-state index in [0.29, 0.717) is 6.42 Å². The molecular weight excluding hydrogens is 246 g/mol. The van der Waals surface area contributed by atoms with E-state index in [0.717, 1.165) is 0 Å². The number of sulfonamides is 1. The third-order valence-corrected chi connectivity index (χ3v) is 3.60. The van der Waals surface area contributed by atoms with Crippen molar-refractivity contribution in [3.63, 3.8) is 0 Å². The number of ether oxygens (including phenoxy) is 1. The number of carbonyl (C=O) groups is 2. The molecule has 100 valence electrons. The molecule has 0 bridgehead atoms. The van der Waals surface area contributed by atoms with Gasteiger partial charge in [-0.3, -0.25) is 14.3 Å². The fraction of sp³-hybridized carbons (Fsp3) is 0.800. The Balaban J connectivity index is 4.36. The van der Waals surface area contributed by atoms with Gasteiger partial charge in [-0.1, -0.05) is 20.8 Å². The van der Waals surface area contributed by atoms with E-state index >= 15 is 0 Å². The summed E-state index contributed by atoms with van der Waals surface area (Å²) in [6.45, 7) is 6.04. The van der Waals surface area contributed by atoms with Gasteiger partial charge < -0.3 is 4.74 Å². The molecule has 0 aromatic heterocycles. The summed E-state index contributed by atoms with van der Waals surface area (Å²) in [5.74, 6) is -1.53. The lowest BCUT2D eigenvalue weighted by atomic mass is 9.90. The molecule has 0 aliphatic rings. The van der Waals surface area contributed by atoms with Crippen LogP contribution in [0.15, 0.2) is 0 Å². The summed E-state index contributed by atoms with van der Waals surface area (Å²) in [6.07, 6.45) is 0.526. The average molecular weight is 265 g/mol. The molecule has 0 radical (unpaired) electrons. The first-order chi connectivity index (χ1) is 7.60. The van der Waals surface area contributed by atoms with Crippen LogP contribution in [0.4, 0.5) is 0 Å². The first-order valence-corrected chi connectivity index (χ1v) is 6.94. The third-order valence-electron chi connectivity index (χ3n) is 2.40. The first kappa shape index (κ1) is 15.9. The lowest BCUT2D eigenvalue weighted by molar-refractivity contribution is -0.140. The minimum absolute atomic E-state index is 0.259. The Kier molecular flexibility index (Phi) is 5.60. The molecule has 0 aliphatic carbocycles. The molecule has 17 heavy (non-hydrogen) atoms. The van der Waals surface area contributed by atoms with E-state index < -0.39 is 33.1 Å². The summed E-state index contributed by atoms with van der Waals surface area (Å²) >= 11 is 0. The van der Waals surface area contributed by atoms with E-state index in [9.17, 15) is 18.0 Å². The van der Waals surface area contributed by atoms with Crippen LogP contribution in [0.3, 0.4) is 0 Å². The standard InChI is InChI=1S/C10H19NO5S/c1-5-10(3,4)9(13)11-17(14,15)7-6-16-8(2)12/h5-7H2,1-4H3,(H,11,13). The highest BCUT2D eigenvalue weighted by Crippen LogP contribution is 2.19. The number of esters is 1. The van der Waals surface area contributed by atoms with Gasteiger partial charge in [-0.05, 0) is 6.42 Å². The van der Waals surface area contributed by atoms with Crippen LogP contribution in [0.2, 0.25) is 0 Å². The normalized spacial score (nSPS) is 12.0. The summed E-state index contributed by atoms with van der Waals surface area (Å²) < 4.78 is 29.4. The fourth-order valence-electron chi connectivity index (χ4n) is 0.786. The molecule has 0 spiro atoms. The van der Waals surface area contributed by atoms with Gasteiger partial charge in [-0.25, -0.2) is 8.42 Å². The molecule has 1 N–H and O–H groups in total. The largest absolute Gasteiger partial charge is 0.465 e. The van der Waals surface area contributed by atoms with Gasteiger partial charge in [0.1, 0.15) is 12.4 Å². The first-order valence-electron chi connectivity index (χ1n) is 5.29. The zero-order valence-electron chi connectivity index (χ0n) is 10.6. The number of carbonyl (C=O) groups excluding carboxylic acids is 2. The molecular formula is C10H19NO5S. The van der Waals surface area contributed by atoms with Crippen LogP contribution in [0.5, 0.6) is 0 Å². The predicted octanol–water partition coefficient (Wildman–Crippen LogP) is 0.432. The van der Waals surface area contributed by atoms with Crippen molar-refractivity contribution in [1.29, 1.82) is 0 Å². The Bertz CT molecular complexity index is 386. The monoisotopic (exact) mass is 265 g/mol. The minimum atomic E-state index is -3.75. The fourth-order valence-corrected chi connectivity index (χ4v) is 1.75. The van der Waals surface area contributed by atoms with Crippen molar-refractivity contribution in [2.24, 2.45) is 5.41 Å². The Morgan fingerprint density at radius 1 is 1.29 bits per heavy atom. The van der Waals surface area contributed by atoms with Crippen LogP contribution in [0.25, 0.3) is 0 Å². The van der Waals surface area contributed by atoms with E-state index in [4.69, 9.17) is 0 Å². The van der Waals surface area contributed by atoms with E-state index in [1.54, 1.807) is 20.8 Å². The molecule has 0 aromatic carbocycles. The summed E-state index contributed by atoms with van der Waals surface area (Å²) in [7, 11) is -3.75. The van der Waals surface area contributed by atoms with Crippen molar-refractivity contribution in [2.75, 3.05) is 12.4 Å². The Hall–Kier alpha value is -1.11. The lowest BCUT2D eigenvalue weighted by Gasteiger charge is -2.21. The van der Waals surface area contributed by atoms with Crippen LogP contribution in [-0.4, -0.2) is 32.7 Å². The topological polar surface area (TPSA) is 89.5 Å². The smallest absolute Gasteiger partial charge is 0.302 e. The van der Waals surface area contributed by atoms with Gasteiger partial charge in [0, 0.05) is 12.3 Å². The van der Waals surface area contributed by atoms with Gasteiger partial charge in [0.2, 0.25) is 15.9 Å². The van der Waals surface area contributed by atoms with Crippen LogP contribution < -0.4 is 4.72 Å².